The molecule has 0 radical (unpaired) electrons. The van der Waals surface area contributed by atoms with Crippen LogP contribution in [0, 0.1) is 0 Å². The molecule has 72 heavy (non-hydrogen) atoms. The molecular weight excluding hydrogens is 873 g/mol. The number of fused-ring (bicyclic) bond motifs is 8. The Kier molecular flexibility index (Phi) is 9.95. The predicted molar refractivity (Wildman–Crippen MR) is 304 cm³/mol. The van der Waals surface area contributed by atoms with Gasteiger partial charge in [0.2, 0.25) is 0 Å². The standard InChI is InChI=1S/C68H48N4/c1-5-21-47(22-6-1)51-41-42-59-57-31-13-14-32-58(57)60-37-20-40-65-68(60)72(67-56(50-27-11-4-12-28-50)35-19-36-61(67)62(59)43-51)46-70(65)53-30-17-29-52(44-53)69-45-71(64-39-16-15-38-63(64)69)66-54(48-23-7-2-8-24-48)33-18-34-55(66)49-25-9-3-10-26-49/h1-44H,45-46H2. The second-order valence-corrected chi connectivity index (χ2v) is 18.9. The van der Waals surface area contributed by atoms with Gasteiger partial charge in [-0.05, 0) is 91.8 Å². The Hall–Kier alpha value is -9.38. The summed E-state index contributed by atoms with van der Waals surface area (Å²) >= 11 is 0. The molecule has 0 fully saturated rings. The smallest absolute Gasteiger partial charge is 0.100 e. The molecule has 1 aromatic heterocycles. The highest BCUT2D eigenvalue weighted by molar-refractivity contribution is 6.22. The molecule has 340 valence electrons. The van der Waals surface area contributed by atoms with Crippen LogP contribution in [0.25, 0.3) is 87.9 Å². The van der Waals surface area contributed by atoms with Gasteiger partial charge in [0.1, 0.15) is 13.3 Å². The molecule has 11 aromatic carbocycles. The van der Waals surface area contributed by atoms with Gasteiger partial charge in [-0.1, -0.05) is 224 Å². The molecule has 0 bridgehead atoms. The van der Waals surface area contributed by atoms with Crippen LogP contribution in [-0.4, -0.2) is 11.2 Å². The van der Waals surface area contributed by atoms with E-state index in [4.69, 9.17) is 0 Å². The first kappa shape index (κ1) is 41.6. The van der Waals surface area contributed by atoms with Crippen molar-refractivity contribution in [3.05, 3.63) is 267 Å². The fraction of sp³-hybridized carbons (Fsp3) is 0.0294. The summed E-state index contributed by atoms with van der Waals surface area (Å²) in [6, 6.07) is 98.0. The first-order chi connectivity index (χ1) is 35.7. The summed E-state index contributed by atoms with van der Waals surface area (Å²) in [5.41, 5.74) is 19.0. The van der Waals surface area contributed by atoms with Gasteiger partial charge in [-0.15, -0.1) is 0 Å². The van der Waals surface area contributed by atoms with Gasteiger partial charge < -0.3 is 19.3 Å². The topological polar surface area (TPSA) is 14.7 Å². The molecule has 0 spiro atoms. The van der Waals surface area contributed by atoms with Gasteiger partial charge >= 0.3 is 0 Å². The first-order valence-corrected chi connectivity index (χ1v) is 24.9. The number of hydrogen-bond acceptors (Lipinski definition) is 3. The van der Waals surface area contributed by atoms with Crippen molar-refractivity contribution in [2.45, 2.75) is 6.67 Å². The fourth-order valence-electron chi connectivity index (χ4n) is 11.6. The van der Waals surface area contributed by atoms with E-state index in [2.05, 4.69) is 286 Å². The lowest BCUT2D eigenvalue weighted by Gasteiger charge is -2.28. The lowest BCUT2D eigenvalue weighted by molar-refractivity contribution is 0.795. The SMILES string of the molecule is c1ccc(-c2ccc3c4ccccc4c4cccc5c4n(c4c(-c6ccccc6)cccc4c3c2)CN5c2cccc(N3CN(c4c(-c5ccccc5)cccc4-c4ccccc4)c4ccccc43)c2)cc1. The molecule has 0 atom stereocenters. The molecule has 0 saturated heterocycles. The Morgan fingerprint density at radius 3 is 1.31 bits per heavy atom. The zero-order valence-electron chi connectivity index (χ0n) is 39.6. The van der Waals surface area contributed by atoms with Crippen LogP contribution in [0.2, 0.25) is 0 Å². The van der Waals surface area contributed by atoms with Crippen LogP contribution in [-0.2, 0) is 6.67 Å². The van der Waals surface area contributed by atoms with Gasteiger partial charge in [0.25, 0.3) is 0 Å². The Labute approximate surface area is 419 Å². The van der Waals surface area contributed by atoms with Crippen molar-refractivity contribution in [1.82, 2.24) is 4.57 Å². The van der Waals surface area contributed by atoms with Crippen LogP contribution in [0.5, 0.6) is 0 Å². The molecule has 0 aliphatic carbocycles. The van der Waals surface area contributed by atoms with E-state index in [1.165, 1.54) is 111 Å². The summed E-state index contributed by atoms with van der Waals surface area (Å²) in [6.45, 7) is 1.27. The van der Waals surface area contributed by atoms with Crippen molar-refractivity contribution in [1.29, 1.82) is 0 Å². The summed E-state index contributed by atoms with van der Waals surface area (Å²) < 4.78 is 2.61. The summed E-state index contributed by atoms with van der Waals surface area (Å²) in [7, 11) is 0. The maximum atomic E-state index is 2.61. The first-order valence-electron chi connectivity index (χ1n) is 24.9. The number of para-hydroxylation sites is 5. The summed E-state index contributed by atoms with van der Waals surface area (Å²) in [6.07, 6.45) is 0. The number of hydrogen-bond donors (Lipinski definition) is 0. The number of benzene rings is 11. The van der Waals surface area contributed by atoms with Crippen LogP contribution in [0.1, 0.15) is 0 Å². The van der Waals surface area contributed by atoms with E-state index < -0.39 is 0 Å². The normalized spacial score (nSPS) is 12.8. The summed E-state index contributed by atoms with van der Waals surface area (Å²) in [5.74, 6) is 0. The summed E-state index contributed by atoms with van der Waals surface area (Å²) in [5, 5.41) is 7.30. The predicted octanol–water partition coefficient (Wildman–Crippen LogP) is 18.2. The van der Waals surface area contributed by atoms with Crippen LogP contribution in [0.15, 0.2) is 267 Å². The van der Waals surface area contributed by atoms with Crippen LogP contribution in [0.3, 0.4) is 0 Å². The molecule has 0 saturated carbocycles. The largest absolute Gasteiger partial charge is 0.321 e. The minimum absolute atomic E-state index is 0.621. The van der Waals surface area contributed by atoms with Crippen LogP contribution >= 0.6 is 0 Å². The van der Waals surface area contributed by atoms with Crippen molar-refractivity contribution in [3.63, 3.8) is 0 Å². The highest BCUT2D eigenvalue weighted by Crippen LogP contribution is 2.51. The molecule has 0 N–H and O–H groups in total. The van der Waals surface area contributed by atoms with Gasteiger partial charge in [0.15, 0.2) is 0 Å². The van der Waals surface area contributed by atoms with Crippen molar-refractivity contribution in [2.24, 2.45) is 0 Å². The molecule has 4 nitrogen and oxygen atoms in total. The van der Waals surface area contributed by atoms with Gasteiger partial charge in [0, 0.05) is 38.8 Å². The quantitative estimate of drug-likeness (QED) is 0.158. The number of anilines is 6. The highest BCUT2D eigenvalue weighted by atomic mass is 15.4. The van der Waals surface area contributed by atoms with E-state index in [9.17, 15) is 0 Å². The molecule has 2 aliphatic rings. The van der Waals surface area contributed by atoms with E-state index >= 15 is 0 Å². The third-order valence-corrected chi connectivity index (χ3v) is 14.8. The van der Waals surface area contributed by atoms with Crippen molar-refractivity contribution in [3.8, 4) is 44.5 Å². The Morgan fingerprint density at radius 1 is 0.236 bits per heavy atom. The fourth-order valence-corrected chi connectivity index (χ4v) is 11.6. The lowest BCUT2D eigenvalue weighted by atomic mass is 9.95. The second kappa shape index (κ2) is 17.2. The Balaban J connectivity index is 0.973. The Bertz CT molecular complexity index is 4050. The van der Waals surface area contributed by atoms with Crippen LogP contribution in [0.4, 0.5) is 34.1 Å². The van der Waals surface area contributed by atoms with Crippen LogP contribution < -0.4 is 14.7 Å². The third kappa shape index (κ3) is 6.83. The number of aromatic nitrogens is 1. The van der Waals surface area contributed by atoms with E-state index in [-0.39, 0.29) is 0 Å². The van der Waals surface area contributed by atoms with Crippen molar-refractivity contribution >= 4 is 77.5 Å². The highest BCUT2D eigenvalue weighted by Gasteiger charge is 2.32. The molecule has 3 heterocycles. The van der Waals surface area contributed by atoms with Crippen molar-refractivity contribution < 1.29 is 0 Å². The minimum Gasteiger partial charge on any atom is -0.321 e. The molecule has 4 heteroatoms. The monoisotopic (exact) mass is 920 g/mol. The minimum atomic E-state index is 0.621. The van der Waals surface area contributed by atoms with Gasteiger partial charge in [-0.3, -0.25) is 0 Å². The van der Waals surface area contributed by atoms with E-state index in [0.717, 1.165) is 11.4 Å². The maximum Gasteiger partial charge on any atom is 0.100 e. The molecule has 0 unspecified atom stereocenters. The maximum absolute atomic E-state index is 2.61. The number of nitrogens with zero attached hydrogens (tertiary/aromatic N) is 4. The molecular formula is C68H48N4. The zero-order chi connectivity index (χ0) is 47.5. The van der Waals surface area contributed by atoms with E-state index in [1.54, 1.807) is 0 Å². The molecule has 14 rings (SSSR count). The van der Waals surface area contributed by atoms with Gasteiger partial charge in [-0.25, -0.2) is 0 Å². The molecule has 2 aliphatic heterocycles. The van der Waals surface area contributed by atoms with Crippen molar-refractivity contribution in [2.75, 3.05) is 21.4 Å². The number of rotatable bonds is 7. The second-order valence-electron chi connectivity index (χ2n) is 18.9. The average molecular weight is 921 g/mol. The molecule has 12 aromatic rings. The van der Waals surface area contributed by atoms with Gasteiger partial charge in [0.05, 0.1) is 33.8 Å². The summed E-state index contributed by atoms with van der Waals surface area (Å²) in [4.78, 5) is 7.53. The van der Waals surface area contributed by atoms with Gasteiger partial charge in [-0.2, -0.15) is 0 Å². The third-order valence-electron chi connectivity index (χ3n) is 14.8. The van der Waals surface area contributed by atoms with E-state index in [0.29, 0.717) is 13.3 Å². The Morgan fingerprint density at radius 2 is 0.667 bits per heavy atom. The average Bonchev–Trinajstić information content (AvgIpc) is 4.06. The lowest BCUT2D eigenvalue weighted by Crippen LogP contribution is -2.25. The molecule has 0 amide bonds. The zero-order valence-corrected chi connectivity index (χ0v) is 39.6. The van der Waals surface area contributed by atoms with E-state index in [1.807, 2.05) is 0 Å².